The first-order valence-electron chi connectivity index (χ1n) is 1.67. The molecule has 0 rings (SSSR count). The highest BCUT2D eigenvalue weighted by atomic mass is 32.1. The van der Waals surface area contributed by atoms with E-state index >= 15 is 0 Å². The zero-order valence-electron chi connectivity index (χ0n) is 3.87. The summed E-state index contributed by atoms with van der Waals surface area (Å²) in [5.74, 6) is 0. The molecule has 0 bridgehead atoms. The van der Waals surface area contributed by atoms with Crippen molar-refractivity contribution in [3.05, 3.63) is 0 Å². The number of oxime groups is 1. The van der Waals surface area contributed by atoms with Gasteiger partial charge in [-0.3, -0.25) is 0 Å². The highest BCUT2D eigenvalue weighted by Crippen LogP contribution is 1.75. The van der Waals surface area contributed by atoms with E-state index in [0.29, 0.717) is 5.71 Å². The van der Waals surface area contributed by atoms with E-state index in [0.717, 1.165) is 0 Å². The molecule has 0 aliphatic carbocycles. The maximum atomic E-state index is 7.82. The molecule has 0 heterocycles. The first-order chi connectivity index (χ1) is 3.31. The summed E-state index contributed by atoms with van der Waals surface area (Å²) in [5.41, 5.74) is 0.575. The van der Waals surface area contributed by atoms with Gasteiger partial charge in [-0.15, -0.1) is 0 Å². The molecule has 0 amide bonds. The summed E-state index contributed by atoms with van der Waals surface area (Å²) in [5, 5.41) is 10.5. The molecule has 0 spiro atoms. The molecule has 0 saturated carbocycles. The number of nitrogens with zero attached hydrogens (tertiary/aromatic N) is 2. The third-order valence-corrected chi connectivity index (χ3v) is 0.718. The fourth-order valence-electron chi connectivity index (χ4n) is 0.109. The Labute approximate surface area is 47.3 Å². The topological polar surface area (TPSA) is 45.0 Å². The third-order valence-electron chi connectivity index (χ3n) is 0.402. The van der Waals surface area contributed by atoms with Crippen LogP contribution in [-0.4, -0.2) is 17.1 Å². The van der Waals surface area contributed by atoms with Gasteiger partial charge < -0.3 is 5.21 Å². The molecule has 0 aromatic rings. The Morgan fingerprint density at radius 2 is 2.43 bits per heavy atom. The van der Waals surface area contributed by atoms with E-state index in [1.54, 1.807) is 6.92 Å². The molecule has 3 nitrogen and oxygen atoms in total. The summed E-state index contributed by atoms with van der Waals surface area (Å²) in [6, 6.07) is 0. The van der Waals surface area contributed by atoms with E-state index in [-0.39, 0.29) is 0 Å². The Balaban J connectivity index is 3.58. The van der Waals surface area contributed by atoms with Crippen LogP contribution in [0.3, 0.4) is 0 Å². The second-order valence-corrected chi connectivity index (χ2v) is 1.19. The minimum atomic E-state index is 0.575. The van der Waals surface area contributed by atoms with E-state index in [1.165, 1.54) is 6.21 Å². The van der Waals surface area contributed by atoms with Crippen molar-refractivity contribution in [3.8, 4) is 0 Å². The normalized spacial score (nSPS) is 13.1. The van der Waals surface area contributed by atoms with Crippen LogP contribution in [0, 0.1) is 0 Å². The van der Waals surface area contributed by atoms with Crippen molar-refractivity contribution in [2.75, 3.05) is 0 Å². The van der Waals surface area contributed by atoms with Gasteiger partial charge in [0.05, 0.1) is 11.9 Å². The first-order valence-corrected chi connectivity index (χ1v) is 2.07. The van der Waals surface area contributed by atoms with Gasteiger partial charge in [0.1, 0.15) is 0 Å². The molecule has 0 aliphatic heterocycles. The Bertz CT molecular complexity index is 99.1. The Hall–Kier alpha value is -0.510. The Morgan fingerprint density at radius 3 is 2.57 bits per heavy atom. The van der Waals surface area contributed by atoms with E-state index in [4.69, 9.17) is 5.21 Å². The van der Waals surface area contributed by atoms with Crippen LogP contribution in [0.5, 0.6) is 0 Å². The highest BCUT2D eigenvalue weighted by Gasteiger charge is 1.75. The number of thiol groups is 1. The average Bonchev–Trinajstić information content (AvgIpc) is 1.68. The van der Waals surface area contributed by atoms with Gasteiger partial charge in [-0.25, -0.2) is 4.40 Å². The fraction of sp³-hybridized carbons (Fsp3) is 0.333. The van der Waals surface area contributed by atoms with Crippen molar-refractivity contribution in [2.45, 2.75) is 6.92 Å². The average molecular weight is 118 g/mol. The zero-order chi connectivity index (χ0) is 5.70. The minimum absolute atomic E-state index is 0.575. The second kappa shape index (κ2) is 3.67. The van der Waals surface area contributed by atoms with Crippen molar-refractivity contribution in [1.82, 2.24) is 0 Å². The van der Waals surface area contributed by atoms with Gasteiger partial charge in [0.2, 0.25) is 0 Å². The standard InChI is InChI=1S/C3H6N2OS/c1-3(5-7)2-4-6/h2,6-7H,1H3. The zero-order valence-corrected chi connectivity index (χ0v) is 4.76. The van der Waals surface area contributed by atoms with Crippen LogP contribution < -0.4 is 0 Å². The van der Waals surface area contributed by atoms with Gasteiger partial charge in [-0.05, 0) is 19.7 Å². The third kappa shape index (κ3) is 3.32. The lowest BCUT2D eigenvalue weighted by atomic mass is 10.5. The molecule has 0 aromatic carbocycles. The van der Waals surface area contributed by atoms with Crippen LogP contribution in [0.15, 0.2) is 9.55 Å². The smallest absolute Gasteiger partial charge is 0.0880 e. The predicted molar refractivity (Wildman–Crippen MR) is 32.4 cm³/mol. The molecular formula is C3H6N2OS. The lowest BCUT2D eigenvalue weighted by Crippen LogP contribution is -1.87. The van der Waals surface area contributed by atoms with Crippen LogP contribution in [0.25, 0.3) is 0 Å². The monoisotopic (exact) mass is 118 g/mol. The summed E-state index contributed by atoms with van der Waals surface area (Å²) >= 11 is 3.54. The minimum Gasteiger partial charge on any atom is -0.411 e. The van der Waals surface area contributed by atoms with Crippen molar-refractivity contribution in [1.29, 1.82) is 0 Å². The molecule has 4 heteroatoms. The number of rotatable bonds is 1. The summed E-state index contributed by atoms with van der Waals surface area (Å²) < 4.78 is 3.38. The molecule has 0 aliphatic rings. The highest BCUT2D eigenvalue weighted by molar-refractivity contribution is 7.79. The van der Waals surface area contributed by atoms with Crippen LogP contribution in [0.2, 0.25) is 0 Å². The first kappa shape index (κ1) is 6.49. The van der Waals surface area contributed by atoms with E-state index < -0.39 is 0 Å². The molecule has 0 fully saturated rings. The van der Waals surface area contributed by atoms with E-state index in [9.17, 15) is 0 Å². The van der Waals surface area contributed by atoms with Crippen molar-refractivity contribution >= 4 is 24.7 Å². The molecule has 0 saturated heterocycles. The fourth-order valence-corrected chi connectivity index (χ4v) is 0.161. The number of hydrogen-bond donors (Lipinski definition) is 2. The van der Waals surface area contributed by atoms with Gasteiger partial charge in [-0.1, -0.05) is 5.16 Å². The van der Waals surface area contributed by atoms with Gasteiger partial charge in [0, 0.05) is 0 Å². The molecule has 1 N–H and O–H groups in total. The maximum absolute atomic E-state index is 7.82. The van der Waals surface area contributed by atoms with Crippen molar-refractivity contribution < 1.29 is 5.21 Å². The Kier molecular flexibility index (Phi) is 3.40. The quantitative estimate of drug-likeness (QED) is 0.227. The Morgan fingerprint density at radius 1 is 1.86 bits per heavy atom. The largest absolute Gasteiger partial charge is 0.411 e. The van der Waals surface area contributed by atoms with E-state index in [1.807, 2.05) is 0 Å². The molecule has 7 heavy (non-hydrogen) atoms. The van der Waals surface area contributed by atoms with Gasteiger partial charge in [0.25, 0.3) is 0 Å². The van der Waals surface area contributed by atoms with Crippen LogP contribution >= 0.6 is 12.8 Å². The second-order valence-electron chi connectivity index (χ2n) is 0.986. The molecule has 0 atom stereocenters. The lowest BCUT2D eigenvalue weighted by molar-refractivity contribution is 0.322. The molecular weight excluding hydrogens is 112 g/mol. The van der Waals surface area contributed by atoms with Crippen LogP contribution in [-0.2, 0) is 0 Å². The van der Waals surface area contributed by atoms with Gasteiger partial charge >= 0.3 is 0 Å². The molecule has 0 aromatic heterocycles. The summed E-state index contributed by atoms with van der Waals surface area (Å²) in [4.78, 5) is 0. The SMILES string of the molecule is CC(C=NO)=NS. The van der Waals surface area contributed by atoms with Crippen molar-refractivity contribution in [2.24, 2.45) is 9.55 Å². The predicted octanol–water partition coefficient (Wildman–Crippen LogP) is 0.752. The summed E-state index contributed by atoms with van der Waals surface area (Å²) in [6.45, 7) is 1.67. The lowest BCUT2D eigenvalue weighted by Gasteiger charge is -1.77. The molecule has 0 unspecified atom stereocenters. The molecule has 40 valence electrons. The summed E-state index contributed by atoms with van der Waals surface area (Å²) in [6.07, 6.45) is 1.20. The van der Waals surface area contributed by atoms with E-state index in [2.05, 4.69) is 22.4 Å². The molecule has 0 radical (unpaired) electrons. The van der Waals surface area contributed by atoms with Crippen molar-refractivity contribution in [3.63, 3.8) is 0 Å². The van der Waals surface area contributed by atoms with Crippen LogP contribution in [0.4, 0.5) is 0 Å². The summed E-state index contributed by atoms with van der Waals surface area (Å²) in [7, 11) is 0. The van der Waals surface area contributed by atoms with Gasteiger partial charge in [0.15, 0.2) is 0 Å². The number of hydrogen-bond acceptors (Lipinski definition) is 4. The van der Waals surface area contributed by atoms with Gasteiger partial charge in [-0.2, -0.15) is 0 Å². The maximum Gasteiger partial charge on any atom is 0.0880 e. The van der Waals surface area contributed by atoms with Crippen LogP contribution in [0.1, 0.15) is 6.92 Å².